The first kappa shape index (κ1) is 26.1. The molecular formula is C43H28N4. The molecule has 47 heavy (non-hydrogen) atoms. The van der Waals surface area contributed by atoms with Gasteiger partial charge in [-0.15, -0.1) is 0 Å². The molecule has 0 spiro atoms. The minimum Gasteiger partial charge on any atom is -0.278 e. The number of aromatic nitrogens is 4. The van der Waals surface area contributed by atoms with E-state index in [0.29, 0.717) is 23.5 Å². The number of nitrogens with zero attached hydrogens (tertiary/aromatic N) is 4. The molecule has 0 amide bonds. The standard InChI is InChI=1S/C43H28N4/c1-3-11-29-21-35(19-17-27(29)9-1)41-44-42(36-20-18-28-10-2-4-12-30(28)22-36)46-43(45-41)47-39-25-33-15-7-5-13-31(33)23-37(39)38-24-32-14-6-8-16-34(32)26-40(38)47/h1-23,25-26,32H,24H2. The van der Waals surface area contributed by atoms with Crippen molar-refractivity contribution in [1.29, 1.82) is 0 Å². The molecule has 1 atom stereocenters. The second-order valence-corrected chi connectivity index (χ2v) is 12.5. The SMILES string of the molecule is C1=CC2=Cc3c(c4cc5ccccc5cc4n3-c3nc(-c4ccc5ccccc5c4)nc(-c4ccc5ccccc5c4)n3)CC2C=C1. The van der Waals surface area contributed by atoms with E-state index < -0.39 is 0 Å². The van der Waals surface area contributed by atoms with Crippen molar-refractivity contribution in [2.45, 2.75) is 6.42 Å². The van der Waals surface area contributed by atoms with Crippen LogP contribution < -0.4 is 0 Å². The zero-order valence-corrected chi connectivity index (χ0v) is 25.5. The smallest absolute Gasteiger partial charge is 0.238 e. The summed E-state index contributed by atoms with van der Waals surface area (Å²) in [5, 5.41) is 8.36. The van der Waals surface area contributed by atoms with Crippen LogP contribution in [0.5, 0.6) is 0 Å². The Bertz CT molecular complexity index is 2570. The number of rotatable bonds is 3. The summed E-state index contributed by atoms with van der Waals surface area (Å²) in [6, 6.07) is 43.0. The van der Waals surface area contributed by atoms with Crippen LogP contribution in [-0.2, 0) is 6.42 Å². The molecule has 4 nitrogen and oxygen atoms in total. The lowest BCUT2D eigenvalue weighted by atomic mass is 9.83. The molecule has 8 aromatic rings. The van der Waals surface area contributed by atoms with Crippen molar-refractivity contribution in [3.63, 3.8) is 0 Å². The highest BCUT2D eigenvalue weighted by molar-refractivity contribution is 6.01. The van der Waals surface area contributed by atoms with E-state index in [1.165, 1.54) is 38.1 Å². The normalized spacial score (nSPS) is 15.3. The highest BCUT2D eigenvalue weighted by Crippen LogP contribution is 2.41. The van der Waals surface area contributed by atoms with E-state index in [1.54, 1.807) is 0 Å². The molecule has 6 aromatic carbocycles. The van der Waals surface area contributed by atoms with Crippen LogP contribution in [-0.4, -0.2) is 19.5 Å². The third-order valence-electron chi connectivity index (χ3n) is 9.72. The van der Waals surface area contributed by atoms with E-state index in [1.807, 2.05) is 0 Å². The lowest BCUT2D eigenvalue weighted by Gasteiger charge is -2.23. The van der Waals surface area contributed by atoms with Crippen LogP contribution in [0.4, 0.5) is 0 Å². The highest BCUT2D eigenvalue weighted by Gasteiger charge is 2.28. The van der Waals surface area contributed by atoms with Gasteiger partial charge in [0.05, 0.1) is 11.2 Å². The quantitative estimate of drug-likeness (QED) is 0.203. The fourth-order valence-corrected chi connectivity index (χ4v) is 7.34. The summed E-state index contributed by atoms with van der Waals surface area (Å²) < 4.78 is 2.27. The van der Waals surface area contributed by atoms with Crippen molar-refractivity contribution in [3.8, 4) is 28.7 Å². The lowest BCUT2D eigenvalue weighted by molar-refractivity contribution is 0.755. The Labute approximate surface area is 271 Å². The van der Waals surface area contributed by atoms with Crippen molar-refractivity contribution in [2.24, 2.45) is 5.92 Å². The van der Waals surface area contributed by atoms with Gasteiger partial charge in [0, 0.05) is 22.4 Å². The van der Waals surface area contributed by atoms with Gasteiger partial charge in [-0.2, -0.15) is 9.97 Å². The number of fused-ring (bicyclic) bond motifs is 7. The van der Waals surface area contributed by atoms with Gasteiger partial charge in [0.1, 0.15) is 0 Å². The van der Waals surface area contributed by atoms with E-state index in [0.717, 1.165) is 39.5 Å². The Morgan fingerprint density at radius 3 is 1.77 bits per heavy atom. The summed E-state index contributed by atoms with van der Waals surface area (Å²) in [5.74, 6) is 2.29. The third-order valence-corrected chi connectivity index (χ3v) is 9.72. The third kappa shape index (κ3) is 4.26. The van der Waals surface area contributed by atoms with E-state index in [2.05, 4.69) is 156 Å². The molecule has 1 unspecified atom stereocenters. The number of allylic oxidation sites excluding steroid dienone is 5. The maximum atomic E-state index is 5.26. The Morgan fingerprint density at radius 2 is 1.13 bits per heavy atom. The van der Waals surface area contributed by atoms with E-state index in [4.69, 9.17) is 15.0 Å². The first-order valence-electron chi connectivity index (χ1n) is 16.1. The molecule has 0 saturated heterocycles. The molecule has 0 saturated carbocycles. The molecule has 4 heteroatoms. The number of hydrogen-bond donors (Lipinski definition) is 0. The van der Waals surface area contributed by atoms with Gasteiger partial charge < -0.3 is 0 Å². The Kier molecular flexibility index (Phi) is 5.67. The molecule has 2 aliphatic rings. The summed E-state index contributed by atoms with van der Waals surface area (Å²) in [5.41, 5.74) is 6.82. The van der Waals surface area contributed by atoms with Crippen LogP contribution >= 0.6 is 0 Å². The van der Waals surface area contributed by atoms with Gasteiger partial charge >= 0.3 is 0 Å². The minimum absolute atomic E-state index is 0.359. The van der Waals surface area contributed by atoms with Crippen molar-refractivity contribution in [3.05, 3.63) is 162 Å². The Hall–Kier alpha value is -6.13. The average molecular weight is 601 g/mol. The molecule has 0 aliphatic heterocycles. The predicted molar refractivity (Wildman–Crippen MR) is 194 cm³/mol. The summed E-state index contributed by atoms with van der Waals surface area (Å²) >= 11 is 0. The van der Waals surface area contributed by atoms with Crippen LogP contribution in [0.25, 0.3) is 78.0 Å². The zero-order valence-electron chi connectivity index (χ0n) is 25.5. The summed E-state index contributed by atoms with van der Waals surface area (Å²) in [6.45, 7) is 0. The molecular weight excluding hydrogens is 573 g/mol. The van der Waals surface area contributed by atoms with Crippen molar-refractivity contribution >= 4 is 49.3 Å². The lowest BCUT2D eigenvalue weighted by Crippen LogP contribution is -2.14. The van der Waals surface area contributed by atoms with Crippen molar-refractivity contribution < 1.29 is 0 Å². The van der Waals surface area contributed by atoms with Crippen molar-refractivity contribution in [1.82, 2.24) is 19.5 Å². The van der Waals surface area contributed by atoms with E-state index in [9.17, 15) is 0 Å². The summed E-state index contributed by atoms with van der Waals surface area (Å²) in [6.07, 6.45) is 12.1. The summed E-state index contributed by atoms with van der Waals surface area (Å²) in [4.78, 5) is 15.7. The van der Waals surface area contributed by atoms with Gasteiger partial charge in [0.2, 0.25) is 5.95 Å². The monoisotopic (exact) mass is 600 g/mol. The van der Waals surface area contributed by atoms with Crippen LogP contribution in [0, 0.1) is 5.92 Å². The predicted octanol–water partition coefficient (Wildman–Crippen LogP) is 10.3. The Morgan fingerprint density at radius 1 is 0.553 bits per heavy atom. The maximum Gasteiger partial charge on any atom is 0.238 e. The van der Waals surface area contributed by atoms with Gasteiger partial charge in [0.25, 0.3) is 0 Å². The maximum absolute atomic E-state index is 5.26. The topological polar surface area (TPSA) is 43.6 Å². The van der Waals surface area contributed by atoms with Crippen LogP contribution in [0.15, 0.2) is 151 Å². The first-order chi connectivity index (χ1) is 23.2. The minimum atomic E-state index is 0.359. The number of hydrogen-bond acceptors (Lipinski definition) is 3. The molecule has 0 N–H and O–H groups in total. The fourth-order valence-electron chi connectivity index (χ4n) is 7.34. The van der Waals surface area contributed by atoms with E-state index in [-0.39, 0.29) is 0 Å². The van der Waals surface area contributed by atoms with Gasteiger partial charge in [0.15, 0.2) is 11.6 Å². The number of benzene rings is 6. The molecule has 2 heterocycles. The van der Waals surface area contributed by atoms with Crippen LogP contribution in [0.1, 0.15) is 11.3 Å². The van der Waals surface area contributed by atoms with Gasteiger partial charge in [-0.05, 0) is 80.2 Å². The molecule has 0 bridgehead atoms. The second-order valence-electron chi connectivity index (χ2n) is 12.5. The van der Waals surface area contributed by atoms with E-state index >= 15 is 0 Å². The molecule has 220 valence electrons. The Balaban J connectivity index is 1.28. The largest absolute Gasteiger partial charge is 0.278 e. The summed E-state index contributed by atoms with van der Waals surface area (Å²) in [7, 11) is 0. The molecule has 2 aromatic heterocycles. The van der Waals surface area contributed by atoms with Crippen LogP contribution in [0.3, 0.4) is 0 Å². The highest BCUT2D eigenvalue weighted by atomic mass is 15.2. The fraction of sp³-hybridized carbons (Fsp3) is 0.0465. The molecule has 0 radical (unpaired) electrons. The van der Waals surface area contributed by atoms with Crippen molar-refractivity contribution in [2.75, 3.05) is 0 Å². The van der Waals surface area contributed by atoms with Gasteiger partial charge in [-0.25, -0.2) is 4.98 Å². The molecule has 0 fully saturated rings. The van der Waals surface area contributed by atoms with Crippen LogP contribution in [0.2, 0.25) is 0 Å². The zero-order chi connectivity index (χ0) is 30.9. The first-order valence-corrected chi connectivity index (χ1v) is 16.1. The van der Waals surface area contributed by atoms with Gasteiger partial charge in [-0.3, -0.25) is 4.57 Å². The molecule has 2 aliphatic carbocycles. The van der Waals surface area contributed by atoms with Gasteiger partial charge in [-0.1, -0.05) is 121 Å². The molecule has 10 rings (SSSR count). The average Bonchev–Trinajstić information content (AvgIpc) is 3.44. The second kappa shape index (κ2) is 10.2.